The van der Waals surface area contributed by atoms with Crippen molar-refractivity contribution < 1.29 is 14.3 Å². The summed E-state index contributed by atoms with van der Waals surface area (Å²) in [6.07, 6.45) is 1.32. The number of anilines is 1. The van der Waals surface area contributed by atoms with E-state index in [1.54, 1.807) is 24.0 Å². The highest BCUT2D eigenvalue weighted by Gasteiger charge is 2.34. The molecule has 1 aliphatic heterocycles. The molecule has 1 N–H and O–H groups in total. The molecule has 0 aliphatic carbocycles. The van der Waals surface area contributed by atoms with Crippen LogP contribution in [-0.2, 0) is 4.79 Å². The first-order valence-electron chi connectivity index (χ1n) is 11.8. The van der Waals surface area contributed by atoms with Crippen LogP contribution in [0.15, 0.2) is 55.1 Å². The SMILES string of the molecule is C=CC(=O)N1C[C@@H](C)N(c2nc(C)nc3c(F)c(-c4cc(O)cc5ccccc45)c(Cl)cc23)[C@@H](C)C1. The number of benzene rings is 3. The Bertz CT molecular complexity index is 1530. The second-order valence-corrected chi connectivity index (χ2v) is 9.71. The molecule has 5 rings (SSSR count). The predicted molar refractivity (Wildman–Crippen MR) is 142 cm³/mol. The lowest BCUT2D eigenvalue weighted by molar-refractivity contribution is -0.127. The number of phenols is 1. The van der Waals surface area contributed by atoms with Gasteiger partial charge in [-0.25, -0.2) is 14.4 Å². The second-order valence-electron chi connectivity index (χ2n) is 9.31. The van der Waals surface area contributed by atoms with Crippen LogP contribution in [0.4, 0.5) is 10.2 Å². The summed E-state index contributed by atoms with van der Waals surface area (Å²) in [5.41, 5.74) is 0.835. The quantitative estimate of drug-likeness (QED) is 0.353. The number of rotatable bonds is 3. The molecule has 0 saturated carbocycles. The Kier molecular flexibility index (Phi) is 6.04. The van der Waals surface area contributed by atoms with Gasteiger partial charge in [-0.2, -0.15) is 0 Å². The summed E-state index contributed by atoms with van der Waals surface area (Å²) in [7, 11) is 0. The molecule has 6 nitrogen and oxygen atoms in total. The lowest BCUT2D eigenvalue weighted by atomic mass is 9.96. The van der Waals surface area contributed by atoms with Gasteiger partial charge in [0.2, 0.25) is 5.91 Å². The lowest BCUT2D eigenvalue weighted by Crippen LogP contribution is -2.58. The van der Waals surface area contributed by atoms with E-state index in [4.69, 9.17) is 16.6 Å². The monoisotopic (exact) mass is 504 g/mol. The van der Waals surface area contributed by atoms with Gasteiger partial charge in [0, 0.05) is 36.1 Å². The van der Waals surface area contributed by atoms with E-state index in [0.717, 1.165) is 10.8 Å². The van der Waals surface area contributed by atoms with Crippen LogP contribution in [0.3, 0.4) is 0 Å². The largest absolute Gasteiger partial charge is 0.508 e. The topological polar surface area (TPSA) is 69.6 Å². The number of hydrogen-bond acceptors (Lipinski definition) is 5. The van der Waals surface area contributed by atoms with E-state index in [1.165, 1.54) is 12.1 Å². The summed E-state index contributed by atoms with van der Waals surface area (Å²) in [4.78, 5) is 25.2. The van der Waals surface area contributed by atoms with Gasteiger partial charge in [0.15, 0.2) is 5.82 Å². The van der Waals surface area contributed by atoms with Gasteiger partial charge in [0.1, 0.15) is 22.9 Å². The fourth-order valence-corrected chi connectivity index (χ4v) is 5.58. The van der Waals surface area contributed by atoms with Crippen molar-refractivity contribution in [3.05, 3.63) is 71.8 Å². The van der Waals surface area contributed by atoms with E-state index in [2.05, 4.69) is 16.5 Å². The molecule has 36 heavy (non-hydrogen) atoms. The van der Waals surface area contributed by atoms with Crippen LogP contribution in [0.5, 0.6) is 5.75 Å². The summed E-state index contributed by atoms with van der Waals surface area (Å²) < 4.78 is 16.3. The lowest BCUT2D eigenvalue weighted by Gasteiger charge is -2.45. The number of halogens is 2. The average molecular weight is 505 g/mol. The number of hydrogen-bond donors (Lipinski definition) is 1. The van der Waals surface area contributed by atoms with Gasteiger partial charge in [-0.1, -0.05) is 42.4 Å². The standard InChI is InChI=1S/C28H26ClFN4O2/c1-5-24(36)33-13-15(2)34(16(3)14-33)28-22-12-23(29)25(26(30)27(22)31-17(4)32-28)21-11-19(35)10-18-8-6-7-9-20(18)21/h5-12,15-16,35H,1,13-14H2,2-4H3/t15-,16+. The summed E-state index contributed by atoms with van der Waals surface area (Å²) in [6, 6.07) is 12.1. The Morgan fingerprint density at radius 2 is 1.83 bits per heavy atom. The highest BCUT2D eigenvalue weighted by atomic mass is 35.5. The molecule has 1 saturated heterocycles. The molecule has 0 spiro atoms. The van der Waals surface area contributed by atoms with E-state index in [9.17, 15) is 9.90 Å². The van der Waals surface area contributed by atoms with Crippen LogP contribution in [0.2, 0.25) is 5.02 Å². The molecule has 1 fully saturated rings. The number of piperazine rings is 1. The van der Waals surface area contributed by atoms with Crippen molar-refractivity contribution in [2.45, 2.75) is 32.9 Å². The number of fused-ring (bicyclic) bond motifs is 2. The van der Waals surface area contributed by atoms with Gasteiger partial charge in [0.25, 0.3) is 0 Å². The maximum absolute atomic E-state index is 16.3. The normalized spacial score (nSPS) is 18.1. The number of aromatic hydroxyl groups is 1. The maximum atomic E-state index is 16.3. The van der Waals surface area contributed by atoms with Gasteiger partial charge in [-0.05, 0) is 61.4 Å². The molecule has 8 heteroatoms. The van der Waals surface area contributed by atoms with Crippen LogP contribution < -0.4 is 4.90 Å². The number of amides is 1. The number of aromatic nitrogens is 2. The number of phenolic OH excluding ortho intramolecular Hbond substituents is 1. The van der Waals surface area contributed by atoms with Crippen molar-refractivity contribution in [1.29, 1.82) is 0 Å². The first kappa shape index (κ1) is 24.0. The minimum absolute atomic E-state index is 0.0217. The zero-order chi connectivity index (χ0) is 25.7. The van der Waals surface area contributed by atoms with Gasteiger partial charge < -0.3 is 14.9 Å². The van der Waals surface area contributed by atoms with Gasteiger partial charge >= 0.3 is 0 Å². The van der Waals surface area contributed by atoms with E-state index in [0.29, 0.717) is 35.7 Å². The molecule has 3 aromatic carbocycles. The Hall–Kier alpha value is -3.71. The molecular weight excluding hydrogens is 479 g/mol. The van der Waals surface area contributed by atoms with Gasteiger partial charge in [-0.15, -0.1) is 0 Å². The second kappa shape index (κ2) is 9.06. The third kappa shape index (κ3) is 3.93. The molecule has 2 heterocycles. The molecule has 1 aromatic heterocycles. The minimum atomic E-state index is -0.569. The average Bonchev–Trinajstić information content (AvgIpc) is 2.83. The third-order valence-corrected chi connectivity index (χ3v) is 7.04. The number of carbonyl (C=O) groups is 1. The van der Waals surface area contributed by atoms with Crippen LogP contribution in [0, 0.1) is 12.7 Å². The minimum Gasteiger partial charge on any atom is -0.508 e. The Labute approximate surface area is 213 Å². The Balaban J connectivity index is 1.71. The summed E-state index contributed by atoms with van der Waals surface area (Å²) in [5.74, 6) is 0.342. The first-order chi connectivity index (χ1) is 17.2. The van der Waals surface area contributed by atoms with Crippen molar-refractivity contribution >= 4 is 45.0 Å². The smallest absolute Gasteiger partial charge is 0.246 e. The van der Waals surface area contributed by atoms with Crippen molar-refractivity contribution in [3.63, 3.8) is 0 Å². The molecule has 0 unspecified atom stereocenters. The van der Waals surface area contributed by atoms with Crippen LogP contribution >= 0.6 is 11.6 Å². The molecule has 0 radical (unpaired) electrons. The first-order valence-corrected chi connectivity index (χ1v) is 12.2. The van der Waals surface area contributed by atoms with Crippen LogP contribution in [-0.4, -0.2) is 51.1 Å². The Morgan fingerprint density at radius 1 is 1.14 bits per heavy atom. The predicted octanol–water partition coefficient (Wildman–Crippen LogP) is 5.87. The van der Waals surface area contributed by atoms with Crippen molar-refractivity contribution in [1.82, 2.24) is 14.9 Å². The molecule has 0 bridgehead atoms. The van der Waals surface area contributed by atoms with Crippen LogP contribution in [0.1, 0.15) is 19.7 Å². The number of nitrogens with zero attached hydrogens (tertiary/aromatic N) is 4. The highest BCUT2D eigenvalue weighted by Crippen LogP contribution is 2.42. The van der Waals surface area contributed by atoms with E-state index in [-0.39, 0.29) is 39.8 Å². The third-order valence-electron chi connectivity index (χ3n) is 6.74. The molecular formula is C28H26ClFN4O2. The summed E-state index contributed by atoms with van der Waals surface area (Å²) in [6.45, 7) is 10.3. The summed E-state index contributed by atoms with van der Waals surface area (Å²) >= 11 is 6.74. The zero-order valence-corrected chi connectivity index (χ0v) is 21.1. The fraction of sp³-hybridized carbons (Fsp3) is 0.250. The molecule has 1 aliphatic rings. The summed E-state index contributed by atoms with van der Waals surface area (Å²) in [5, 5.41) is 12.6. The molecule has 4 aromatic rings. The number of aryl methyl sites for hydroxylation is 1. The van der Waals surface area contributed by atoms with E-state index < -0.39 is 5.82 Å². The maximum Gasteiger partial charge on any atom is 0.246 e. The highest BCUT2D eigenvalue weighted by molar-refractivity contribution is 6.35. The molecule has 2 atom stereocenters. The number of carbonyl (C=O) groups excluding carboxylic acids is 1. The van der Waals surface area contributed by atoms with E-state index >= 15 is 4.39 Å². The molecule has 1 amide bonds. The van der Waals surface area contributed by atoms with Crippen molar-refractivity contribution in [3.8, 4) is 16.9 Å². The van der Waals surface area contributed by atoms with Crippen molar-refractivity contribution in [2.24, 2.45) is 0 Å². The zero-order valence-electron chi connectivity index (χ0n) is 20.3. The Morgan fingerprint density at radius 3 is 2.53 bits per heavy atom. The van der Waals surface area contributed by atoms with E-state index in [1.807, 2.05) is 38.1 Å². The van der Waals surface area contributed by atoms with Gasteiger partial charge in [0.05, 0.1) is 5.02 Å². The molecule has 184 valence electrons. The van der Waals surface area contributed by atoms with Crippen LogP contribution in [0.25, 0.3) is 32.8 Å². The fourth-order valence-electron chi connectivity index (χ4n) is 5.28. The van der Waals surface area contributed by atoms with Crippen molar-refractivity contribution in [2.75, 3.05) is 18.0 Å². The van der Waals surface area contributed by atoms with Gasteiger partial charge in [-0.3, -0.25) is 4.79 Å².